The standard InChI is InChI=1S/C14H13FN2O4S/c15-12-6-13(9-16-8-12)22(20,21)17-7-11-4-2-1-3-10(11)5-14(18)19/h1-4,6,8-9,17H,5,7H2,(H,18,19). The first-order valence-electron chi connectivity index (χ1n) is 6.27. The molecule has 0 saturated carbocycles. The molecule has 116 valence electrons. The van der Waals surface area contributed by atoms with Crippen molar-refractivity contribution < 1.29 is 22.7 Å². The molecule has 8 heteroatoms. The van der Waals surface area contributed by atoms with Crippen molar-refractivity contribution in [3.05, 3.63) is 59.7 Å². The number of rotatable bonds is 6. The molecule has 1 aromatic heterocycles. The van der Waals surface area contributed by atoms with E-state index in [4.69, 9.17) is 5.11 Å². The number of benzene rings is 1. The van der Waals surface area contributed by atoms with Gasteiger partial charge in [0.15, 0.2) is 0 Å². The molecule has 0 bridgehead atoms. The van der Waals surface area contributed by atoms with E-state index in [9.17, 15) is 17.6 Å². The zero-order valence-corrected chi connectivity index (χ0v) is 12.2. The van der Waals surface area contributed by atoms with Gasteiger partial charge >= 0.3 is 5.97 Å². The number of pyridine rings is 1. The Bertz CT molecular complexity index is 793. The molecule has 0 fully saturated rings. The quantitative estimate of drug-likeness (QED) is 0.835. The SMILES string of the molecule is O=C(O)Cc1ccccc1CNS(=O)(=O)c1cncc(F)c1. The van der Waals surface area contributed by atoms with Crippen LogP contribution in [0.3, 0.4) is 0 Å². The second-order valence-corrected chi connectivity index (χ2v) is 6.27. The summed E-state index contributed by atoms with van der Waals surface area (Å²) in [4.78, 5) is 14.0. The number of carboxylic acids is 1. The van der Waals surface area contributed by atoms with Gasteiger partial charge in [-0.05, 0) is 17.2 Å². The van der Waals surface area contributed by atoms with Gasteiger partial charge in [0.2, 0.25) is 10.0 Å². The second-order valence-electron chi connectivity index (χ2n) is 4.50. The van der Waals surface area contributed by atoms with E-state index in [1.165, 1.54) is 0 Å². The molecule has 6 nitrogen and oxygen atoms in total. The molecule has 22 heavy (non-hydrogen) atoms. The molecular formula is C14H13FN2O4S. The lowest BCUT2D eigenvalue weighted by Gasteiger charge is -2.10. The van der Waals surface area contributed by atoms with E-state index in [2.05, 4.69) is 9.71 Å². The van der Waals surface area contributed by atoms with Crippen LogP contribution in [-0.2, 0) is 27.8 Å². The highest BCUT2D eigenvalue weighted by Gasteiger charge is 2.16. The lowest BCUT2D eigenvalue weighted by atomic mass is 10.1. The Balaban J connectivity index is 2.18. The van der Waals surface area contributed by atoms with Gasteiger partial charge in [-0.2, -0.15) is 0 Å². The molecule has 2 rings (SSSR count). The zero-order valence-electron chi connectivity index (χ0n) is 11.4. The van der Waals surface area contributed by atoms with Gasteiger partial charge in [-0.15, -0.1) is 0 Å². The molecule has 0 amide bonds. The zero-order chi connectivity index (χ0) is 16.2. The van der Waals surface area contributed by atoms with Crippen LogP contribution in [0.5, 0.6) is 0 Å². The summed E-state index contributed by atoms with van der Waals surface area (Å²) in [6.45, 7) is -0.0949. The molecular weight excluding hydrogens is 311 g/mol. The smallest absolute Gasteiger partial charge is 0.307 e. The third kappa shape index (κ3) is 4.09. The van der Waals surface area contributed by atoms with Crippen LogP contribution in [0, 0.1) is 5.82 Å². The van der Waals surface area contributed by atoms with E-state index in [1.54, 1.807) is 24.3 Å². The van der Waals surface area contributed by atoms with Crippen molar-refractivity contribution in [2.45, 2.75) is 17.9 Å². The summed E-state index contributed by atoms with van der Waals surface area (Å²) in [6.07, 6.45) is 1.73. The number of aliphatic carboxylic acids is 1. The minimum absolute atomic E-state index is 0.0949. The Morgan fingerprint density at radius 3 is 2.55 bits per heavy atom. The normalized spacial score (nSPS) is 11.3. The Kier molecular flexibility index (Phi) is 4.84. The summed E-state index contributed by atoms with van der Waals surface area (Å²) in [7, 11) is -3.93. The van der Waals surface area contributed by atoms with E-state index in [-0.39, 0.29) is 17.9 Å². The van der Waals surface area contributed by atoms with Gasteiger partial charge in [-0.3, -0.25) is 9.78 Å². The van der Waals surface area contributed by atoms with Crippen molar-refractivity contribution >= 4 is 16.0 Å². The predicted molar refractivity (Wildman–Crippen MR) is 76.0 cm³/mol. The fourth-order valence-corrected chi connectivity index (χ4v) is 2.84. The van der Waals surface area contributed by atoms with Crippen molar-refractivity contribution in [3.63, 3.8) is 0 Å². The maximum Gasteiger partial charge on any atom is 0.307 e. The van der Waals surface area contributed by atoms with Crippen molar-refractivity contribution in [1.82, 2.24) is 9.71 Å². The van der Waals surface area contributed by atoms with Crippen LogP contribution in [0.2, 0.25) is 0 Å². The molecule has 0 atom stereocenters. The van der Waals surface area contributed by atoms with Gasteiger partial charge in [0.1, 0.15) is 10.7 Å². The van der Waals surface area contributed by atoms with Gasteiger partial charge in [-0.1, -0.05) is 24.3 Å². The molecule has 0 aliphatic heterocycles. The summed E-state index contributed by atoms with van der Waals surface area (Å²) in [5.74, 6) is -1.77. The highest BCUT2D eigenvalue weighted by molar-refractivity contribution is 7.89. The van der Waals surface area contributed by atoms with Gasteiger partial charge in [-0.25, -0.2) is 17.5 Å². The molecule has 0 aliphatic rings. The fourth-order valence-electron chi connectivity index (χ4n) is 1.86. The number of aromatic nitrogens is 1. The number of hydrogen-bond acceptors (Lipinski definition) is 4. The Morgan fingerprint density at radius 1 is 1.23 bits per heavy atom. The summed E-state index contributed by atoms with van der Waals surface area (Å²) in [6, 6.07) is 7.45. The number of carbonyl (C=O) groups is 1. The van der Waals surface area contributed by atoms with E-state index in [1.807, 2.05) is 0 Å². The molecule has 0 aliphatic carbocycles. The molecule has 0 saturated heterocycles. The molecule has 1 aromatic carbocycles. The summed E-state index contributed by atoms with van der Waals surface area (Å²) in [5.41, 5.74) is 1.05. The molecule has 1 heterocycles. The molecule has 0 unspecified atom stereocenters. The van der Waals surface area contributed by atoms with Gasteiger partial charge in [0, 0.05) is 12.7 Å². The summed E-state index contributed by atoms with van der Waals surface area (Å²) >= 11 is 0. The van der Waals surface area contributed by atoms with Crippen LogP contribution in [0.1, 0.15) is 11.1 Å². The highest BCUT2D eigenvalue weighted by atomic mass is 32.2. The first-order valence-corrected chi connectivity index (χ1v) is 7.75. The lowest BCUT2D eigenvalue weighted by Crippen LogP contribution is -2.24. The van der Waals surface area contributed by atoms with Gasteiger partial charge < -0.3 is 5.11 Å². The third-order valence-corrected chi connectivity index (χ3v) is 4.27. The topological polar surface area (TPSA) is 96.4 Å². The van der Waals surface area contributed by atoms with Crippen molar-refractivity contribution in [2.75, 3.05) is 0 Å². The Morgan fingerprint density at radius 2 is 1.91 bits per heavy atom. The molecule has 0 spiro atoms. The van der Waals surface area contributed by atoms with E-state index < -0.39 is 21.8 Å². The number of nitrogens with zero attached hydrogens (tertiary/aromatic N) is 1. The van der Waals surface area contributed by atoms with E-state index in [0.29, 0.717) is 11.1 Å². The number of halogens is 1. The third-order valence-electron chi connectivity index (χ3n) is 2.90. The molecule has 0 radical (unpaired) electrons. The minimum atomic E-state index is -3.93. The maximum atomic E-state index is 13.0. The van der Waals surface area contributed by atoms with Crippen LogP contribution in [-0.4, -0.2) is 24.5 Å². The molecule has 2 N–H and O–H groups in total. The van der Waals surface area contributed by atoms with Crippen molar-refractivity contribution in [2.24, 2.45) is 0 Å². The Hall–Kier alpha value is -2.32. The van der Waals surface area contributed by atoms with Crippen LogP contribution in [0.15, 0.2) is 47.6 Å². The van der Waals surface area contributed by atoms with Crippen molar-refractivity contribution in [3.8, 4) is 0 Å². The van der Waals surface area contributed by atoms with E-state index >= 15 is 0 Å². The number of nitrogens with one attached hydrogen (secondary N) is 1. The van der Waals surface area contributed by atoms with Gasteiger partial charge in [0.05, 0.1) is 12.6 Å². The van der Waals surface area contributed by atoms with E-state index in [0.717, 1.165) is 18.5 Å². The lowest BCUT2D eigenvalue weighted by molar-refractivity contribution is -0.136. The first-order chi connectivity index (χ1) is 10.4. The number of hydrogen-bond donors (Lipinski definition) is 2. The number of carboxylic acid groups (broad SMARTS) is 1. The van der Waals surface area contributed by atoms with Crippen LogP contribution in [0.4, 0.5) is 4.39 Å². The largest absolute Gasteiger partial charge is 0.481 e. The fraction of sp³-hybridized carbons (Fsp3) is 0.143. The second kappa shape index (κ2) is 6.63. The first kappa shape index (κ1) is 16.1. The summed E-state index contributed by atoms with van der Waals surface area (Å²) < 4.78 is 39.5. The molecule has 2 aromatic rings. The monoisotopic (exact) mass is 324 g/mol. The van der Waals surface area contributed by atoms with Gasteiger partial charge in [0.25, 0.3) is 0 Å². The maximum absolute atomic E-state index is 13.0. The number of sulfonamides is 1. The highest BCUT2D eigenvalue weighted by Crippen LogP contribution is 2.13. The van der Waals surface area contributed by atoms with Crippen molar-refractivity contribution in [1.29, 1.82) is 0 Å². The average molecular weight is 324 g/mol. The minimum Gasteiger partial charge on any atom is -0.481 e. The average Bonchev–Trinajstić information content (AvgIpc) is 2.46. The Labute approximate surface area is 126 Å². The van der Waals surface area contributed by atoms with Crippen LogP contribution < -0.4 is 4.72 Å². The summed E-state index contributed by atoms with van der Waals surface area (Å²) in [5, 5.41) is 8.84. The van der Waals surface area contributed by atoms with Crippen LogP contribution in [0.25, 0.3) is 0 Å². The predicted octanol–water partition coefficient (Wildman–Crippen LogP) is 1.33. The van der Waals surface area contributed by atoms with Crippen LogP contribution >= 0.6 is 0 Å².